The molecule has 1 heterocycles. The van der Waals surface area contributed by atoms with E-state index in [4.69, 9.17) is 0 Å². The Kier molecular flexibility index (Phi) is 4.76. The molecular weight excluding hydrogens is 322 g/mol. The van der Waals surface area contributed by atoms with Crippen LogP contribution in [-0.4, -0.2) is 42.5 Å². The summed E-state index contributed by atoms with van der Waals surface area (Å²) in [5.74, 6) is -1.40. The van der Waals surface area contributed by atoms with Gasteiger partial charge in [-0.3, -0.25) is 14.4 Å². The summed E-state index contributed by atoms with van der Waals surface area (Å²) in [5.41, 5.74) is 1.93. The highest BCUT2D eigenvalue weighted by molar-refractivity contribution is 6.39. The molecule has 0 atom stereocenters. The highest BCUT2D eigenvalue weighted by atomic mass is 16.3. The van der Waals surface area contributed by atoms with Crippen LogP contribution in [0.25, 0.3) is 0 Å². The van der Waals surface area contributed by atoms with Gasteiger partial charge in [0.25, 0.3) is 0 Å². The van der Waals surface area contributed by atoms with Crippen LogP contribution in [0.2, 0.25) is 0 Å². The molecule has 3 rings (SSSR count). The number of aryl methyl sites for hydroxylation is 1. The minimum absolute atomic E-state index is 0.0140. The number of rotatable bonds is 5. The topological polar surface area (TPSA) is 98.7 Å². The summed E-state index contributed by atoms with van der Waals surface area (Å²) in [5, 5.41) is 14.4. The van der Waals surface area contributed by atoms with Crippen LogP contribution in [0.5, 0.6) is 0 Å². The molecule has 3 N–H and O–H groups in total. The fraction of sp³-hybridized carbons (Fsp3) is 0.500. The van der Waals surface area contributed by atoms with Crippen LogP contribution >= 0.6 is 0 Å². The molecule has 3 amide bonds. The first kappa shape index (κ1) is 17.4. The molecule has 2 fully saturated rings. The monoisotopic (exact) mass is 345 g/mol. The average molecular weight is 345 g/mol. The zero-order chi connectivity index (χ0) is 18.0. The Labute approximate surface area is 146 Å². The van der Waals surface area contributed by atoms with Crippen molar-refractivity contribution in [3.05, 3.63) is 23.8 Å². The van der Waals surface area contributed by atoms with E-state index in [9.17, 15) is 19.5 Å². The second-order valence-electron chi connectivity index (χ2n) is 6.95. The number of aliphatic hydroxyl groups is 1. The van der Waals surface area contributed by atoms with Crippen LogP contribution in [0.15, 0.2) is 18.2 Å². The predicted molar refractivity (Wildman–Crippen MR) is 93.2 cm³/mol. The molecule has 0 aromatic heterocycles. The van der Waals surface area contributed by atoms with Crippen LogP contribution < -0.4 is 15.5 Å². The first-order valence-corrected chi connectivity index (χ1v) is 8.55. The molecular formula is C18H23N3O4. The standard InChI is InChI=1S/C18H23N3O4/c1-12-4-5-13(9-14(12)21-8-2-3-15(21)23)20-17(25)16(24)19-10-18(11-22)6-7-18/h4-5,9,22H,2-3,6-8,10-11H2,1H3,(H,19,24)(H,20,25). The van der Waals surface area contributed by atoms with Gasteiger partial charge in [-0.2, -0.15) is 0 Å². The number of benzene rings is 1. The number of nitrogens with zero attached hydrogens (tertiary/aromatic N) is 1. The Hall–Kier alpha value is -2.41. The average Bonchev–Trinajstić information content (AvgIpc) is 3.27. The Morgan fingerprint density at radius 1 is 1.28 bits per heavy atom. The molecule has 1 aliphatic heterocycles. The lowest BCUT2D eigenvalue weighted by Gasteiger charge is -2.19. The largest absolute Gasteiger partial charge is 0.396 e. The van der Waals surface area contributed by atoms with Crippen molar-refractivity contribution in [1.82, 2.24) is 5.32 Å². The number of carbonyl (C=O) groups is 3. The van der Waals surface area contributed by atoms with Crippen molar-refractivity contribution < 1.29 is 19.5 Å². The van der Waals surface area contributed by atoms with E-state index >= 15 is 0 Å². The summed E-state index contributed by atoms with van der Waals surface area (Å²) in [4.78, 5) is 37.6. The molecule has 0 radical (unpaired) electrons. The van der Waals surface area contributed by atoms with Crippen molar-refractivity contribution in [3.63, 3.8) is 0 Å². The van der Waals surface area contributed by atoms with Gasteiger partial charge < -0.3 is 20.6 Å². The number of carbonyl (C=O) groups excluding carboxylic acids is 3. The van der Waals surface area contributed by atoms with Gasteiger partial charge in [0.1, 0.15) is 0 Å². The molecule has 0 unspecified atom stereocenters. The maximum atomic E-state index is 12.1. The van der Waals surface area contributed by atoms with Gasteiger partial charge >= 0.3 is 11.8 Å². The third kappa shape index (κ3) is 3.82. The van der Waals surface area contributed by atoms with Crippen molar-refractivity contribution >= 4 is 29.1 Å². The van der Waals surface area contributed by atoms with Crippen molar-refractivity contribution in [3.8, 4) is 0 Å². The maximum absolute atomic E-state index is 12.1. The van der Waals surface area contributed by atoms with E-state index in [0.29, 0.717) is 25.2 Å². The number of amides is 3. The van der Waals surface area contributed by atoms with Crippen LogP contribution in [0.4, 0.5) is 11.4 Å². The maximum Gasteiger partial charge on any atom is 0.313 e. The highest BCUT2D eigenvalue weighted by Crippen LogP contribution is 2.44. The molecule has 0 spiro atoms. The molecule has 0 bridgehead atoms. The molecule has 7 nitrogen and oxygen atoms in total. The van der Waals surface area contributed by atoms with E-state index in [-0.39, 0.29) is 17.9 Å². The lowest BCUT2D eigenvalue weighted by molar-refractivity contribution is -0.136. The van der Waals surface area contributed by atoms with E-state index in [1.54, 1.807) is 17.0 Å². The fourth-order valence-electron chi connectivity index (χ4n) is 2.98. The fourth-order valence-corrected chi connectivity index (χ4v) is 2.98. The lowest BCUT2D eigenvalue weighted by atomic mass is 10.1. The Morgan fingerprint density at radius 3 is 2.64 bits per heavy atom. The smallest absolute Gasteiger partial charge is 0.313 e. The summed E-state index contributed by atoms with van der Waals surface area (Å²) in [6.07, 6.45) is 3.07. The van der Waals surface area contributed by atoms with Gasteiger partial charge in [-0.05, 0) is 43.9 Å². The van der Waals surface area contributed by atoms with Crippen LogP contribution in [-0.2, 0) is 14.4 Å². The molecule has 1 aliphatic carbocycles. The summed E-state index contributed by atoms with van der Waals surface area (Å²) < 4.78 is 0. The number of nitrogens with one attached hydrogen (secondary N) is 2. The van der Waals surface area contributed by atoms with E-state index in [1.165, 1.54) is 0 Å². The Balaban J connectivity index is 1.63. The molecule has 2 aliphatic rings. The molecule has 1 saturated heterocycles. The van der Waals surface area contributed by atoms with Crippen LogP contribution in [0, 0.1) is 12.3 Å². The summed E-state index contributed by atoms with van der Waals surface area (Å²) in [7, 11) is 0. The van der Waals surface area contributed by atoms with Gasteiger partial charge in [0.05, 0.1) is 6.61 Å². The van der Waals surface area contributed by atoms with Gasteiger partial charge in [0, 0.05) is 36.3 Å². The van der Waals surface area contributed by atoms with E-state index in [1.807, 2.05) is 13.0 Å². The van der Waals surface area contributed by atoms with Gasteiger partial charge in [0.2, 0.25) is 5.91 Å². The predicted octanol–water partition coefficient (Wildman–Crippen LogP) is 0.949. The second kappa shape index (κ2) is 6.84. The molecule has 25 heavy (non-hydrogen) atoms. The minimum Gasteiger partial charge on any atom is -0.396 e. The Morgan fingerprint density at radius 2 is 2.04 bits per heavy atom. The van der Waals surface area contributed by atoms with Gasteiger partial charge in [0.15, 0.2) is 0 Å². The summed E-state index contributed by atoms with van der Waals surface area (Å²) in [6, 6.07) is 5.25. The second-order valence-corrected chi connectivity index (χ2v) is 6.95. The van der Waals surface area contributed by atoms with Crippen molar-refractivity contribution in [2.45, 2.75) is 32.6 Å². The number of aliphatic hydroxyl groups excluding tert-OH is 1. The minimum atomic E-state index is -0.753. The van der Waals surface area contributed by atoms with Gasteiger partial charge in [-0.15, -0.1) is 0 Å². The lowest BCUT2D eigenvalue weighted by Crippen LogP contribution is -2.39. The van der Waals surface area contributed by atoms with E-state index in [0.717, 1.165) is 30.5 Å². The third-order valence-electron chi connectivity index (χ3n) is 4.95. The number of hydrogen-bond acceptors (Lipinski definition) is 4. The first-order valence-electron chi connectivity index (χ1n) is 8.55. The molecule has 1 aromatic carbocycles. The summed E-state index contributed by atoms with van der Waals surface area (Å²) >= 11 is 0. The summed E-state index contributed by atoms with van der Waals surface area (Å²) in [6.45, 7) is 2.89. The van der Waals surface area contributed by atoms with E-state index in [2.05, 4.69) is 10.6 Å². The van der Waals surface area contributed by atoms with Crippen molar-refractivity contribution in [2.75, 3.05) is 29.9 Å². The zero-order valence-electron chi connectivity index (χ0n) is 14.3. The zero-order valence-corrected chi connectivity index (χ0v) is 14.3. The number of anilines is 2. The van der Waals surface area contributed by atoms with Gasteiger partial charge in [-0.1, -0.05) is 6.07 Å². The van der Waals surface area contributed by atoms with Crippen molar-refractivity contribution in [1.29, 1.82) is 0 Å². The van der Waals surface area contributed by atoms with E-state index < -0.39 is 11.8 Å². The quantitative estimate of drug-likeness (QED) is 0.692. The number of hydrogen-bond donors (Lipinski definition) is 3. The molecule has 134 valence electrons. The molecule has 1 aromatic rings. The molecule has 7 heteroatoms. The Bertz CT molecular complexity index is 712. The molecule has 1 saturated carbocycles. The van der Waals surface area contributed by atoms with Crippen molar-refractivity contribution in [2.24, 2.45) is 5.41 Å². The third-order valence-corrected chi connectivity index (χ3v) is 4.95. The highest BCUT2D eigenvalue weighted by Gasteiger charge is 2.42. The first-order chi connectivity index (χ1) is 11.9. The SMILES string of the molecule is Cc1ccc(NC(=O)C(=O)NCC2(CO)CC2)cc1N1CCCC1=O. The normalized spacial score (nSPS) is 18.2. The van der Waals surface area contributed by atoms with Crippen LogP contribution in [0.3, 0.4) is 0 Å². The van der Waals surface area contributed by atoms with Gasteiger partial charge in [-0.25, -0.2) is 0 Å². The van der Waals surface area contributed by atoms with Crippen LogP contribution in [0.1, 0.15) is 31.2 Å².